The average molecular weight is 293 g/mol. The number of rotatable bonds is 6. The Kier molecular flexibility index (Phi) is 5.30. The van der Waals surface area contributed by atoms with Gasteiger partial charge in [-0.05, 0) is 38.1 Å². The van der Waals surface area contributed by atoms with Crippen molar-refractivity contribution in [3.8, 4) is 18.1 Å². The number of hydrogen-bond acceptors (Lipinski definition) is 3. The summed E-state index contributed by atoms with van der Waals surface area (Å²) >= 11 is 0. The maximum absolute atomic E-state index is 12.8. The van der Waals surface area contributed by atoms with Gasteiger partial charge in [0.15, 0.2) is 5.60 Å². The number of terminal acetylenes is 1. The van der Waals surface area contributed by atoms with Crippen LogP contribution in [0.2, 0.25) is 0 Å². The molecule has 5 nitrogen and oxygen atoms in total. The summed E-state index contributed by atoms with van der Waals surface area (Å²) in [5.41, 5.74) is -1.33. The molecular formula is C15H16FNO4. The number of amides is 1. The van der Waals surface area contributed by atoms with E-state index >= 15 is 0 Å². The first kappa shape index (κ1) is 16.5. The van der Waals surface area contributed by atoms with Crippen LogP contribution in [0.25, 0.3) is 0 Å². The van der Waals surface area contributed by atoms with Gasteiger partial charge in [0.1, 0.15) is 17.6 Å². The van der Waals surface area contributed by atoms with Crippen molar-refractivity contribution in [3.05, 3.63) is 30.1 Å². The molecule has 0 aliphatic rings. The van der Waals surface area contributed by atoms with Crippen molar-refractivity contribution in [2.45, 2.75) is 31.9 Å². The van der Waals surface area contributed by atoms with Crippen LogP contribution < -0.4 is 10.1 Å². The summed E-state index contributed by atoms with van der Waals surface area (Å²) in [6, 6.07) is 3.96. The van der Waals surface area contributed by atoms with E-state index in [1.54, 1.807) is 0 Å². The van der Waals surface area contributed by atoms with Crippen LogP contribution in [0.5, 0.6) is 5.75 Å². The zero-order chi connectivity index (χ0) is 16.0. The molecule has 0 saturated carbocycles. The normalized spacial score (nSPS) is 12.1. The van der Waals surface area contributed by atoms with Crippen molar-refractivity contribution in [1.82, 2.24) is 5.32 Å². The second-order valence-electron chi connectivity index (χ2n) is 4.84. The lowest BCUT2D eigenvalue weighted by Gasteiger charge is -2.26. The number of halogens is 1. The quantitative estimate of drug-likeness (QED) is 0.781. The Hall–Kier alpha value is -2.55. The summed E-state index contributed by atoms with van der Waals surface area (Å²) in [5, 5.41) is 11.3. The Morgan fingerprint density at radius 1 is 1.43 bits per heavy atom. The first-order valence-electron chi connectivity index (χ1n) is 6.18. The summed E-state index contributed by atoms with van der Waals surface area (Å²) in [5.74, 6) is 0.196. The molecule has 1 rings (SSSR count). The van der Waals surface area contributed by atoms with Gasteiger partial charge in [0.25, 0.3) is 5.91 Å². The highest BCUT2D eigenvalue weighted by Gasteiger charge is 2.33. The highest BCUT2D eigenvalue weighted by atomic mass is 19.1. The van der Waals surface area contributed by atoms with Gasteiger partial charge in [0.2, 0.25) is 0 Å². The maximum Gasteiger partial charge on any atom is 0.327 e. The summed E-state index contributed by atoms with van der Waals surface area (Å²) in [4.78, 5) is 23.0. The number of benzene rings is 1. The summed E-state index contributed by atoms with van der Waals surface area (Å²) in [7, 11) is 0. The molecule has 2 N–H and O–H groups in total. The molecule has 112 valence electrons. The molecule has 0 aromatic heterocycles. The molecule has 1 atom stereocenters. The smallest absolute Gasteiger partial charge is 0.327 e. The Balaban J connectivity index is 2.76. The first-order valence-corrected chi connectivity index (χ1v) is 6.18. The van der Waals surface area contributed by atoms with Crippen LogP contribution in [0.15, 0.2) is 24.3 Å². The second kappa shape index (κ2) is 6.75. The third-order valence-electron chi connectivity index (χ3n) is 2.66. The van der Waals surface area contributed by atoms with Crippen molar-refractivity contribution >= 4 is 11.9 Å². The van der Waals surface area contributed by atoms with E-state index < -0.39 is 29.3 Å². The molecular weight excluding hydrogens is 277 g/mol. The fourth-order valence-corrected chi connectivity index (χ4v) is 1.49. The molecule has 21 heavy (non-hydrogen) atoms. The van der Waals surface area contributed by atoms with Crippen LogP contribution in [-0.4, -0.2) is 28.6 Å². The minimum absolute atomic E-state index is 0.131. The summed E-state index contributed by atoms with van der Waals surface area (Å²) in [6.45, 7) is 2.95. The summed E-state index contributed by atoms with van der Waals surface area (Å²) in [6.07, 6.45) is 4.93. The lowest BCUT2D eigenvalue weighted by atomic mass is 10.1. The van der Waals surface area contributed by atoms with Gasteiger partial charge in [-0.3, -0.25) is 4.79 Å². The fraction of sp³-hybridized carbons (Fsp3) is 0.333. The molecule has 0 aliphatic carbocycles. The van der Waals surface area contributed by atoms with Crippen LogP contribution in [0.3, 0.4) is 0 Å². The van der Waals surface area contributed by atoms with E-state index in [4.69, 9.17) is 16.3 Å². The minimum Gasteiger partial charge on any atom is -0.480 e. The van der Waals surface area contributed by atoms with E-state index in [9.17, 15) is 14.0 Å². The SMILES string of the molecule is C#CCC(NC(=O)C(C)(C)Oc1ccc(F)cc1)C(=O)O. The predicted octanol–water partition coefficient (Wildman–Crippen LogP) is 1.58. The molecule has 0 aliphatic heterocycles. The third kappa shape index (κ3) is 4.80. The van der Waals surface area contributed by atoms with Crippen molar-refractivity contribution in [1.29, 1.82) is 0 Å². The molecule has 1 amide bonds. The molecule has 0 bridgehead atoms. The number of aliphatic carboxylic acids is 1. The van der Waals surface area contributed by atoms with Gasteiger partial charge >= 0.3 is 5.97 Å². The van der Waals surface area contributed by atoms with E-state index in [0.29, 0.717) is 5.75 Å². The van der Waals surface area contributed by atoms with Crippen molar-refractivity contribution in [2.24, 2.45) is 0 Å². The van der Waals surface area contributed by atoms with Gasteiger partial charge in [0, 0.05) is 6.42 Å². The van der Waals surface area contributed by atoms with Gasteiger partial charge in [-0.15, -0.1) is 12.3 Å². The monoisotopic (exact) mass is 293 g/mol. The fourth-order valence-electron chi connectivity index (χ4n) is 1.49. The van der Waals surface area contributed by atoms with Crippen molar-refractivity contribution in [2.75, 3.05) is 0 Å². The van der Waals surface area contributed by atoms with Gasteiger partial charge in [-0.2, -0.15) is 0 Å². The highest BCUT2D eigenvalue weighted by molar-refractivity contribution is 5.89. The van der Waals surface area contributed by atoms with Crippen molar-refractivity contribution in [3.63, 3.8) is 0 Å². The summed E-state index contributed by atoms with van der Waals surface area (Å²) < 4.78 is 18.3. The Morgan fingerprint density at radius 3 is 2.48 bits per heavy atom. The van der Waals surface area contributed by atoms with Crippen LogP contribution in [0, 0.1) is 18.2 Å². The van der Waals surface area contributed by atoms with Crippen LogP contribution in [-0.2, 0) is 9.59 Å². The largest absolute Gasteiger partial charge is 0.480 e. The Morgan fingerprint density at radius 2 is 2.00 bits per heavy atom. The van der Waals surface area contributed by atoms with Gasteiger partial charge < -0.3 is 15.2 Å². The number of hydrogen-bond donors (Lipinski definition) is 2. The second-order valence-corrected chi connectivity index (χ2v) is 4.84. The molecule has 0 fully saturated rings. The average Bonchev–Trinajstić information content (AvgIpc) is 2.40. The van der Waals surface area contributed by atoms with E-state index in [-0.39, 0.29) is 6.42 Å². The van der Waals surface area contributed by atoms with Crippen LogP contribution in [0.4, 0.5) is 4.39 Å². The maximum atomic E-state index is 12.8. The third-order valence-corrected chi connectivity index (χ3v) is 2.66. The van der Waals surface area contributed by atoms with E-state index in [2.05, 4.69) is 11.2 Å². The number of carboxylic acids is 1. The predicted molar refractivity (Wildman–Crippen MR) is 74.1 cm³/mol. The van der Waals surface area contributed by atoms with Gasteiger partial charge in [0.05, 0.1) is 0 Å². The zero-order valence-corrected chi connectivity index (χ0v) is 11.7. The molecule has 1 unspecified atom stereocenters. The highest BCUT2D eigenvalue weighted by Crippen LogP contribution is 2.19. The standard InChI is InChI=1S/C15H16FNO4/c1-4-5-12(13(18)19)17-14(20)15(2,3)21-11-8-6-10(16)7-9-11/h1,6-9,12H,5H2,2-3H3,(H,17,20)(H,18,19). The van der Waals surface area contributed by atoms with E-state index in [1.165, 1.54) is 38.1 Å². The molecule has 1 aromatic carbocycles. The molecule has 0 radical (unpaired) electrons. The molecule has 0 saturated heterocycles. The topological polar surface area (TPSA) is 75.6 Å². The molecule has 0 spiro atoms. The van der Waals surface area contributed by atoms with Gasteiger partial charge in [-0.25, -0.2) is 9.18 Å². The number of carboxylic acid groups (broad SMARTS) is 1. The number of carbonyl (C=O) groups excluding carboxylic acids is 1. The Bertz CT molecular complexity index is 560. The minimum atomic E-state index is -1.33. The number of nitrogens with one attached hydrogen (secondary N) is 1. The van der Waals surface area contributed by atoms with Crippen molar-refractivity contribution < 1.29 is 23.8 Å². The van der Waals surface area contributed by atoms with E-state index in [0.717, 1.165) is 0 Å². The number of ether oxygens (including phenoxy) is 1. The first-order chi connectivity index (χ1) is 9.76. The molecule has 0 heterocycles. The lowest BCUT2D eigenvalue weighted by molar-refractivity contribution is -0.144. The number of carbonyl (C=O) groups is 2. The molecule has 1 aromatic rings. The van der Waals surface area contributed by atoms with Gasteiger partial charge in [-0.1, -0.05) is 0 Å². The molecule has 6 heteroatoms. The van der Waals surface area contributed by atoms with Crippen LogP contribution in [0.1, 0.15) is 20.3 Å². The Labute approximate surface area is 122 Å². The van der Waals surface area contributed by atoms with Crippen LogP contribution >= 0.6 is 0 Å². The van der Waals surface area contributed by atoms with E-state index in [1.807, 2.05) is 0 Å². The lowest BCUT2D eigenvalue weighted by Crippen LogP contribution is -2.52. The zero-order valence-electron chi connectivity index (χ0n) is 11.7.